The Kier molecular flexibility index (Phi) is 4.08. The molecule has 2 saturated heterocycles. The monoisotopic (exact) mass is 238 g/mol. The zero-order valence-electron chi connectivity index (χ0n) is 9.72. The van der Waals surface area contributed by atoms with E-state index in [1.54, 1.807) is 11.8 Å². The lowest BCUT2D eigenvalue weighted by atomic mass is 10.2. The highest BCUT2D eigenvalue weighted by Gasteiger charge is 2.29. The molecule has 0 spiro atoms. The number of amidine groups is 1. The minimum Gasteiger partial charge on any atom is -0.349 e. The summed E-state index contributed by atoms with van der Waals surface area (Å²) in [6.07, 6.45) is 7.70. The van der Waals surface area contributed by atoms with Crippen molar-refractivity contribution in [3.8, 4) is 6.19 Å². The van der Waals surface area contributed by atoms with E-state index in [4.69, 9.17) is 5.26 Å². The van der Waals surface area contributed by atoms with Crippen LogP contribution in [0.1, 0.15) is 19.3 Å². The average Bonchev–Trinajstić information content (AvgIpc) is 2.64. The minimum atomic E-state index is 0.679. The maximum absolute atomic E-state index is 8.67. The smallest absolute Gasteiger partial charge is 0.208 e. The Bertz CT molecular complexity index is 310. The van der Waals surface area contributed by atoms with Crippen LogP contribution in [0, 0.1) is 11.5 Å². The molecule has 0 amide bonds. The molecule has 0 saturated carbocycles. The first-order valence-corrected chi connectivity index (χ1v) is 7.07. The Morgan fingerprint density at radius 2 is 2.19 bits per heavy atom. The number of rotatable bonds is 0. The molecule has 4 nitrogen and oxygen atoms in total. The van der Waals surface area contributed by atoms with Crippen molar-refractivity contribution in [1.82, 2.24) is 9.80 Å². The van der Waals surface area contributed by atoms with Crippen molar-refractivity contribution in [2.75, 3.05) is 32.4 Å². The first-order chi connectivity index (χ1) is 7.85. The molecular weight excluding hydrogens is 220 g/mol. The summed E-state index contributed by atoms with van der Waals surface area (Å²) in [6.45, 7) is 4.54. The standard InChI is InChI=1S/C11H18N4S/c1-16-11(13-9-12)15-7-3-6-14-5-2-4-10(14)8-15/h10H,2-8H2,1H3. The molecule has 0 aromatic heterocycles. The van der Waals surface area contributed by atoms with Gasteiger partial charge in [-0.1, -0.05) is 11.8 Å². The van der Waals surface area contributed by atoms with Gasteiger partial charge < -0.3 is 4.90 Å². The molecule has 0 aromatic rings. The van der Waals surface area contributed by atoms with E-state index in [1.807, 2.05) is 12.4 Å². The van der Waals surface area contributed by atoms with Gasteiger partial charge in [-0.2, -0.15) is 5.26 Å². The number of nitrogens with zero attached hydrogens (tertiary/aromatic N) is 4. The molecule has 16 heavy (non-hydrogen) atoms. The van der Waals surface area contributed by atoms with Crippen molar-refractivity contribution in [2.45, 2.75) is 25.3 Å². The molecule has 0 N–H and O–H groups in total. The SMILES string of the molecule is CSC(=NC#N)N1CCCN2CCCC2C1. The number of hydrogen-bond acceptors (Lipinski definition) is 4. The Morgan fingerprint density at radius 3 is 2.94 bits per heavy atom. The van der Waals surface area contributed by atoms with Gasteiger partial charge in [-0.3, -0.25) is 4.90 Å². The number of nitriles is 1. The summed E-state index contributed by atoms with van der Waals surface area (Å²) in [7, 11) is 0. The summed E-state index contributed by atoms with van der Waals surface area (Å²) in [5.41, 5.74) is 0. The van der Waals surface area contributed by atoms with Crippen molar-refractivity contribution in [2.24, 2.45) is 4.99 Å². The fourth-order valence-electron chi connectivity index (χ4n) is 2.67. The van der Waals surface area contributed by atoms with Gasteiger partial charge in [-0.15, -0.1) is 4.99 Å². The topological polar surface area (TPSA) is 42.6 Å². The summed E-state index contributed by atoms with van der Waals surface area (Å²) in [4.78, 5) is 8.78. The number of thioether (sulfide) groups is 1. The van der Waals surface area contributed by atoms with Crippen molar-refractivity contribution in [3.63, 3.8) is 0 Å². The molecule has 2 aliphatic heterocycles. The van der Waals surface area contributed by atoms with E-state index in [-0.39, 0.29) is 0 Å². The second kappa shape index (κ2) is 5.55. The van der Waals surface area contributed by atoms with Crippen LogP contribution in [-0.2, 0) is 0 Å². The highest BCUT2D eigenvalue weighted by atomic mass is 32.2. The van der Waals surface area contributed by atoms with Crippen LogP contribution in [0.2, 0.25) is 0 Å². The molecule has 0 aromatic carbocycles. The number of hydrogen-bond donors (Lipinski definition) is 0. The zero-order valence-corrected chi connectivity index (χ0v) is 10.5. The maximum Gasteiger partial charge on any atom is 0.208 e. The first-order valence-electron chi connectivity index (χ1n) is 5.85. The molecule has 1 atom stereocenters. The lowest BCUT2D eigenvalue weighted by molar-refractivity contribution is 0.256. The average molecular weight is 238 g/mol. The van der Waals surface area contributed by atoms with Crippen LogP contribution in [0.4, 0.5) is 0 Å². The summed E-state index contributed by atoms with van der Waals surface area (Å²) < 4.78 is 0. The lowest BCUT2D eigenvalue weighted by Crippen LogP contribution is -2.38. The van der Waals surface area contributed by atoms with Crippen LogP contribution in [-0.4, -0.2) is 53.4 Å². The second-order valence-corrected chi connectivity index (χ2v) is 5.10. The minimum absolute atomic E-state index is 0.679. The van der Waals surface area contributed by atoms with Crippen LogP contribution in [0.5, 0.6) is 0 Å². The molecular formula is C11H18N4S. The lowest BCUT2D eigenvalue weighted by Gasteiger charge is -2.26. The Balaban J connectivity index is 2.05. The molecule has 1 unspecified atom stereocenters. The molecule has 0 bridgehead atoms. The van der Waals surface area contributed by atoms with Crippen LogP contribution < -0.4 is 0 Å². The maximum atomic E-state index is 8.67. The van der Waals surface area contributed by atoms with E-state index >= 15 is 0 Å². The molecule has 5 heteroatoms. The Labute approximate surface area is 101 Å². The molecule has 0 aliphatic carbocycles. The predicted octanol–water partition coefficient (Wildman–Crippen LogP) is 1.36. The number of aliphatic imine (C=N–C) groups is 1. The van der Waals surface area contributed by atoms with Crippen molar-refractivity contribution in [1.29, 1.82) is 5.26 Å². The van der Waals surface area contributed by atoms with Crippen molar-refractivity contribution >= 4 is 16.9 Å². The van der Waals surface area contributed by atoms with Crippen molar-refractivity contribution < 1.29 is 0 Å². The molecule has 88 valence electrons. The largest absolute Gasteiger partial charge is 0.349 e. The van der Waals surface area contributed by atoms with Gasteiger partial charge in [0.15, 0.2) is 5.17 Å². The van der Waals surface area contributed by atoms with E-state index in [0.29, 0.717) is 6.04 Å². The van der Waals surface area contributed by atoms with Crippen LogP contribution >= 0.6 is 11.8 Å². The Morgan fingerprint density at radius 1 is 1.38 bits per heavy atom. The van der Waals surface area contributed by atoms with Gasteiger partial charge in [0.05, 0.1) is 0 Å². The predicted molar refractivity (Wildman–Crippen MR) is 67.3 cm³/mol. The van der Waals surface area contributed by atoms with E-state index in [0.717, 1.165) is 18.3 Å². The van der Waals surface area contributed by atoms with Gasteiger partial charge in [0.2, 0.25) is 6.19 Å². The summed E-state index contributed by atoms with van der Waals surface area (Å²) >= 11 is 1.58. The zero-order chi connectivity index (χ0) is 11.4. The van der Waals surface area contributed by atoms with Gasteiger partial charge in [0.1, 0.15) is 0 Å². The van der Waals surface area contributed by atoms with Gasteiger partial charge >= 0.3 is 0 Å². The molecule has 2 aliphatic rings. The molecule has 2 rings (SSSR count). The second-order valence-electron chi connectivity index (χ2n) is 4.33. The fourth-order valence-corrected chi connectivity index (χ4v) is 3.22. The van der Waals surface area contributed by atoms with Crippen LogP contribution in [0.25, 0.3) is 0 Å². The summed E-state index contributed by atoms with van der Waals surface area (Å²) in [5, 5.41) is 9.55. The van der Waals surface area contributed by atoms with Gasteiger partial charge in [0, 0.05) is 25.7 Å². The molecule has 2 fully saturated rings. The third-order valence-electron chi connectivity index (χ3n) is 3.40. The highest BCUT2D eigenvalue weighted by molar-refractivity contribution is 8.13. The third-order valence-corrected chi connectivity index (χ3v) is 4.12. The van der Waals surface area contributed by atoms with Crippen LogP contribution in [0.3, 0.4) is 0 Å². The quantitative estimate of drug-likeness (QED) is 0.363. The van der Waals surface area contributed by atoms with E-state index < -0.39 is 0 Å². The van der Waals surface area contributed by atoms with Crippen molar-refractivity contribution in [3.05, 3.63) is 0 Å². The first kappa shape index (κ1) is 11.7. The molecule has 0 radical (unpaired) electrons. The molecule has 2 heterocycles. The van der Waals surface area contributed by atoms with Crippen LogP contribution in [0.15, 0.2) is 4.99 Å². The normalized spacial score (nSPS) is 27.4. The van der Waals surface area contributed by atoms with Gasteiger partial charge in [-0.25, -0.2) is 0 Å². The third kappa shape index (κ3) is 2.50. The fraction of sp³-hybridized carbons (Fsp3) is 0.818. The Hall–Kier alpha value is -0.730. The van der Waals surface area contributed by atoms with E-state index in [1.165, 1.54) is 32.4 Å². The highest BCUT2D eigenvalue weighted by Crippen LogP contribution is 2.22. The van der Waals surface area contributed by atoms with Gasteiger partial charge in [-0.05, 0) is 32.1 Å². The summed E-state index contributed by atoms with van der Waals surface area (Å²) in [6, 6.07) is 0.679. The van der Waals surface area contributed by atoms with Gasteiger partial charge in [0.25, 0.3) is 0 Å². The summed E-state index contributed by atoms with van der Waals surface area (Å²) in [5.74, 6) is 0. The van der Waals surface area contributed by atoms with E-state index in [9.17, 15) is 0 Å². The van der Waals surface area contributed by atoms with E-state index in [2.05, 4.69) is 14.8 Å². The number of fused-ring (bicyclic) bond motifs is 1.